The second kappa shape index (κ2) is 5.77. The lowest BCUT2D eigenvalue weighted by atomic mass is 10.1. The van der Waals surface area contributed by atoms with E-state index in [-0.39, 0.29) is 11.4 Å². The maximum Gasteiger partial charge on any atom is 0.242 e. The van der Waals surface area contributed by atoms with Crippen molar-refractivity contribution in [3.8, 4) is 5.88 Å². The van der Waals surface area contributed by atoms with Crippen molar-refractivity contribution in [2.45, 2.75) is 39.3 Å². The van der Waals surface area contributed by atoms with Crippen LogP contribution in [-0.2, 0) is 4.79 Å². The second-order valence-electron chi connectivity index (χ2n) is 5.40. The maximum absolute atomic E-state index is 11.9. The minimum atomic E-state index is -0.403. The van der Waals surface area contributed by atoms with Gasteiger partial charge in [-0.1, -0.05) is 0 Å². The summed E-state index contributed by atoms with van der Waals surface area (Å²) in [5.74, 6) is 0.793. The molecule has 0 radical (unpaired) electrons. The molecule has 6 heteroatoms. The number of aromatic nitrogens is 1. The smallest absolute Gasteiger partial charge is 0.242 e. The first-order valence-electron chi connectivity index (χ1n) is 6.12. The molecule has 6 nitrogen and oxygen atoms in total. The molecule has 1 amide bonds. The van der Waals surface area contributed by atoms with Gasteiger partial charge in [0.05, 0.1) is 12.8 Å². The Hall–Kier alpha value is -1.98. The van der Waals surface area contributed by atoms with Crippen LogP contribution in [0, 0.1) is 0 Å². The van der Waals surface area contributed by atoms with Crippen LogP contribution in [0.5, 0.6) is 5.88 Å². The van der Waals surface area contributed by atoms with Gasteiger partial charge in [-0.25, -0.2) is 0 Å². The van der Waals surface area contributed by atoms with E-state index >= 15 is 0 Å². The number of rotatable bonds is 4. The van der Waals surface area contributed by atoms with Crippen LogP contribution in [0.2, 0.25) is 0 Å². The van der Waals surface area contributed by atoms with E-state index in [4.69, 9.17) is 10.5 Å². The summed E-state index contributed by atoms with van der Waals surface area (Å²) < 4.78 is 5.03. The molecule has 1 rings (SSSR count). The fourth-order valence-electron chi connectivity index (χ4n) is 1.46. The van der Waals surface area contributed by atoms with E-state index in [0.717, 1.165) is 0 Å². The van der Waals surface area contributed by atoms with Crippen molar-refractivity contribution in [1.29, 1.82) is 0 Å². The first-order valence-corrected chi connectivity index (χ1v) is 6.12. The van der Waals surface area contributed by atoms with Gasteiger partial charge in [-0.05, 0) is 39.8 Å². The number of carbonyl (C=O) groups is 1. The van der Waals surface area contributed by atoms with Gasteiger partial charge in [0.1, 0.15) is 11.9 Å². The van der Waals surface area contributed by atoms with E-state index in [1.54, 1.807) is 19.1 Å². The second-order valence-corrected chi connectivity index (χ2v) is 5.40. The molecule has 0 bridgehead atoms. The number of methoxy groups -OCH3 is 1. The third kappa shape index (κ3) is 4.65. The van der Waals surface area contributed by atoms with E-state index in [1.165, 1.54) is 7.11 Å². The molecule has 106 valence electrons. The summed E-state index contributed by atoms with van der Waals surface area (Å²) in [6.07, 6.45) is 0. The number of hydrogen-bond acceptors (Lipinski definition) is 5. The zero-order valence-corrected chi connectivity index (χ0v) is 12.1. The summed E-state index contributed by atoms with van der Waals surface area (Å²) in [6.45, 7) is 7.57. The summed E-state index contributed by atoms with van der Waals surface area (Å²) in [5.41, 5.74) is 5.87. The highest BCUT2D eigenvalue weighted by Crippen LogP contribution is 2.20. The Balaban J connectivity index is 2.71. The van der Waals surface area contributed by atoms with Gasteiger partial charge in [0.15, 0.2) is 0 Å². The Bertz CT molecular complexity index is 454. The molecule has 0 aliphatic carbocycles. The van der Waals surface area contributed by atoms with Gasteiger partial charge in [0, 0.05) is 5.54 Å². The number of anilines is 2. The Morgan fingerprint density at radius 3 is 2.58 bits per heavy atom. The van der Waals surface area contributed by atoms with Gasteiger partial charge in [-0.2, -0.15) is 4.98 Å². The largest absolute Gasteiger partial charge is 0.479 e. The van der Waals surface area contributed by atoms with Gasteiger partial charge in [-0.3, -0.25) is 4.79 Å². The molecule has 1 aromatic heterocycles. The number of hydrogen-bond donors (Lipinski definition) is 3. The molecule has 0 aromatic carbocycles. The topological polar surface area (TPSA) is 89.3 Å². The lowest BCUT2D eigenvalue weighted by molar-refractivity contribution is -0.122. The highest BCUT2D eigenvalue weighted by atomic mass is 16.5. The zero-order valence-electron chi connectivity index (χ0n) is 12.1. The molecule has 0 spiro atoms. The molecular weight excluding hydrogens is 244 g/mol. The molecule has 0 aliphatic heterocycles. The number of nitrogens with two attached hydrogens (primary N) is 1. The molecule has 1 heterocycles. The van der Waals surface area contributed by atoms with Crippen molar-refractivity contribution < 1.29 is 9.53 Å². The van der Waals surface area contributed by atoms with Gasteiger partial charge in [-0.15, -0.1) is 0 Å². The third-order valence-corrected chi connectivity index (χ3v) is 2.34. The fourth-order valence-corrected chi connectivity index (χ4v) is 1.46. The first kappa shape index (κ1) is 15.1. The van der Waals surface area contributed by atoms with E-state index in [1.807, 2.05) is 20.8 Å². The first-order chi connectivity index (χ1) is 8.73. The fraction of sp³-hybridized carbons (Fsp3) is 0.538. The molecule has 1 atom stereocenters. The summed E-state index contributed by atoms with van der Waals surface area (Å²) >= 11 is 0. The number of nitrogens with zero attached hydrogens (tertiary/aromatic N) is 1. The van der Waals surface area contributed by atoms with Crippen LogP contribution >= 0.6 is 0 Å². The van der Waals surface area contributed by atoms with Crippen LogP contribution in [0.1, 0.15) is 27.7 Å². The predicted octanol–water partition coefficient (Wildman–Crippen LogP) is 1.39. The lowest BCUT2D eigenvalue weighted by Crippen LogP contribution is -2.47. The van der Waals surface area contributed by atoms with E-state index < -0.39 is 6.04 Å². The Kier molecular flexibility index (Phi) is 4.58. The molecule has 0 saturated heterocycles. The van der Waals surface area contributed by atoms with Crippen LogP contribution in [0.4, 0.5) is 11.5 Å². The molecule has 1 unspecified atom stereocenters. The summed E-state index contributed by atoms with van der Waals surface area (Å²) in [5, 5.41) is 5.90. The van der Waals surface area contributed by atoms with Crippen LogP contribution in [-0.4, -0.2) is 29.6 Å². The predicted molar refractivity (Wildman–Crippen MR) is 76.2 cm³/mol. The van der Waals surface area contributed by atoms with Crippen LogP contribution in [0.25, 0.3) is 0 Å². The number of ether oxygens (including phenoxy) is 1. The number of amides is 1. The average Bonchev–Trinajstić information content (AvgIpc) is 2.29. The van der Waals surface area contributed by atoms with Crippen LogP contribution in [0.3, 0.4) is 0 Å². The quantitative estimate of drug-likeness (QED) is 0.766. The normalized spacial score (nSPS) is 12.7. The van der Waals surface area contributed by atoms with Gasteiger partial charge >= 0.3 is 0 Å². The molecule has 19 heavy (non-hydrogen) atoms. The average molecular weight is 266 g/mol. The van der Waals surface area contributed by atoms with E-state index in [0.29, 0.717) is 17.4 Å². The summed E-state index contributed by atoms with van der Waals surface area (Å²) in [4.78, 5) is 16.1. The van der Waals surface area contributed by atoms with Gasteiger partial charge in [0.25, 0.3) is 0 Å². The van der Waals surface area contributed by atoms with Crippen molar-refractivity contribution >= 4 is 17.4 Å². The molecular formula is C13H22N4O2. The monoisotopic (exact) mass is 266 g/mol. The molecule has 0 saturated carbocycles. The van der Waals surface area contributed by atoms with Crippen molar-refractivity contribution in [2.75, 3.05) is 18.2 Å². The molecule has 0 aliphatic rings. The zero-order chi connectivity index (χ0) is 14.6. The standard InChI is InChI=1S/C13H22N4O2/c1-8(11(18)17-13(2,3)4)15-10-7-6-9(14)12(16-10)19-5/h6-8H,14H2,1-5H3,(H,15,16)(H,17,18). The Morgan fingerprint density at radius 1 is 1.42 bits per heavy atom. The lowest BCUT2D eigenvalue weighted by Gasteiger charge is -2.24. The third-order valence-electron chi connectivity index (χ3n) is 2.34. The summed E-state index contributed by atoms with van der Waals surface area (Å²) in [6, 6.07) is 2.99. The van der Waals surface area contributed by atoms with Crippen molar-refractivity contribution in [3.63, 3.8) is 0 Å². The number of nitrogen functional groups attached to an aromatic ring is 1. The molecule has 4 N–H and O–H groups in total. The maximum atomic E-state index is 11.9. The van der Waals surface area contributed by atoms with Gasteiger partial charge in [0.2, 0.25) is 11.8 Å². The van der Waals surface area contributed by atoms with Crippen LogP contribution < -0.4 is 21.1 Å². The Morgan fingerprint density at radius 2 is 2.05 bits per heavy atom. The van der Waals surface area contributed by atoms with E-state index in [9.17, 15) is 4.79 Å². The number of nitrogens with one attached hydrogen (secondary N) is 2. The highest BCUT2D eigenvalue weighted by Gasteiger charge is 2.19. The minimum absolute atomic E-state index is 0.0925. The molecule has 0 fully saturated rings. The van der Waals surface area contributed by atoms with Crippen molar-refractivity contribution in [2.24, 2.45) is 0 Å². The molecule has 1 aromatic rings. The van der Waals surface area contributed by atoms with Crippen molar-refractivity contribution in [1.82, 2.24) is 10.3 Å². The number of pyridine rings is 1. The van der Waals surface area contributed by atoms with Crippen molar-refractivity contribution in [3.05, 3.63) is 12.1 Å². The van der Waals surface area contributed by atoms with Crippen LogP contribution in [0.15, 0.2) is 12.1 Å². The summed E-state index contributed by atoms with van der Waals surface area (Å²) in [7, 11) is 1.50. The van der Waals surface area contributed by atoms with E-state index in [2.05, 4.69) is 15.6 Å². The van der Waals surface area contributed by atoms with Gasteiger partial charge < -0.3 is 21.1 Å². The minimum Gasteiger partial charge on any atom is -0.479 e. The Labute approximate surface area is 113 Å². The highest BCUT2D eigenvalue weighted by molar-refractivity contribution is 5.84. The number of carbonyl (C=O) groups excluding carboxylic acids is 1. The SMILES string of the molecule is COc1nc(NC(C)C(=O)NC(C)(C)C)ccc1N.